The molecule has 26 heavy (non-hydrogen) atoms. The molecule has 3 rings (SSSR count). The van der Waals surface area contributed by atoms with E-state index in [4.69, 9.17) is 21.1 Å². The summed E-state index contributed by atoms with van der Waals surface area (Å²) in [6.07, 6.45) is 2.67. The van der Waals surface area contributed by atoms with Crippen LogP contribution < -0.4 is 14.8 Å². The van der Waals surface area contributed by atoms with Crippen molar-refractivity contribution in [2.24, 2.45) is 0 Å². The number of aromatic nitrogens is 2. The molecular weight excluding hydrogens is 376 g/mol. The summed E-state index contributed by atoms with van der Waals surface area (Å²) >= 11 is 7.63. The van der Waals surface area contributed by atoms with Gasteiger partial charge in [0.05, 0.1) is 12.0 Å². The van der Waals surface area contributed by atoms with Crippen molar-refractivity contribution in [2.45, 2.75) is 39.0 Å². The van der Waals surface area contributed by atoms with Crippen LogP contribution in [0.3, 0.4) is 0 Å². The molecule has 7 nitrogen and oxygen atoms in total. The first-order valence-corrected chi connectivity index (χ1v) is 9.47. The lowest BCUT2D eigenvalue weighted by atomic mass is 10.2. The number of pyridine rings is 1. The molecule has 1 aliphatic heterocycles. The SMILES string of the molecule is COc1cc(O[C@@H]2C[C@H](C)N(Cc3sc(NC(C)=O)nc3Cl)C2)ccn1. The Kier molecular flexibility index (Phi) is 5.95. The molecule has 0 aromatic carbocycles. The number of amides is 1. The van der Waals surface area contributed by atoms with Gasteiger partial charge in [-0.3, -0.25) is 9.69 Å². The third-order valence-corrected chi connectivity index (χ3v) is 5.54. The molecule has 2 aromatic rings. The lowest BCUT2D eigenvalue weighted by Crippen LogP contribution is -2.27. The highest BCUT2D eigenvalue weighted by atomic mass is 35.5. The summed E-state index contributed by atoms with van der Waals surface area (Å²) in [7, 11) is 1.58. The summed E-state index contributed by atoms with van der Waals surface area (Å²) in [5.74, 6) is 1.13. The number of nitrogens with one attached hydrogen (secondary N) is 1. The van der Waals surface area contributed by atoms with Crippen molar-refractivity contribution >= 4 is 34.0 Å². The Morgan fingerprint density at radius 1 is 1.54 bits per heavy atom. The van der Waals surface area contributed by atoms with Gasteiger partial charge in [0.1, 0.15) is 17.0 Å². The molecule has 0 aliphatic carbocycles. The van der Waals surface area contributed by atoms with Crippen LogP contribution in [0.15, 0.2) is 18.3 Å². The van der Waals surface area contributed by atoms with Crippen molar-refractivity contribution in [2.75, 3.05) is 19.0 Å². The van der Waals surface area contributed by atoms with Crippen LogP contribution in [-0.2, 0) is 11.3 Å². The van der Waals surface area contributed by atoms with E-state index in [1.807, 2.05) is 6.07 Å². The highest BCUT2D eigenvalue weighted by Gasteiger charge is 2.31. The Labute approximate surface area is 161 Å². The molecule has 1 aliphatic rings. The van der Waals surface area contributed by atoms with E-state index >= 15 is 0 Å². The topological polar surface area (TPSA) is 76.6 Å². The van der Waals surface area contributed by atoms with Crippen LogP contribution in [0.25, 0.3) is 0 Å². The largest absolute Gasteiger partial charge is 0.489 e. The van der Waals surface area contributed by atoms with Crippen molar-refractivity contribution in [3.05, 3.63) is 28.4 Å². The number of hydrogen-bond acceptors (Lipinski definition) is 7. The fraction of sp³-hybridized carbons (Fsp3) is 0.471. The van der Waals surface area contributed by atoms with Gasteiger partial charge in [-0.15, -0.1) is 0 Å². The Hall–Kier alpha value is -1.90. The Bertz CT molecular complexity index is 785. The molecular formula is C17H21ClN4O3S. The van der Waals surface area contributed by atoms with E-state index in [-0.39, 0.29) is 12.0 Å². The normalized spacial score (nSPS) is 20.2. The maximum absolute atomic E-state index is 11.2. The van der Waals surface area contributed by atoms with Gasteiger partial charge in [-0.25, -0.2) is 9.97 Å². The van der Waals surface area contributed by atoms with Gasteiger partial charge >= 0.3 is 0 Å². The molecule has 1 saturated heterocycles. The maximum Gasteiger partial charge on any atom is 0.223 e. The van der Waals surface area contributed by atoms with Gasteiger partial charge in [0.25, 0.3) is 0 Å². The van der Waals surface area contributed by atoms with E-state index in [9.17, 15) is 4.79 Å². The quantitative estimate of drug-likeness (QED) is 0.808. The Morgan fingerprint density at radius 3 is 3.08 bits per heavy atom. The number of halogens is 1. The second-order valence-electron chi connectivity index (χ2n) is 6.20. The number of carbonyl (C=O) groups excluding carboxylic acids is 1. The second-order valence-corrected chi connectivity index (χ2v) is 7.64. The van der Waals surface area contributed by atoms with Crippen LogP contribution >= 0.6 is 22.9 Å². The van der Waals surface area contributed by atoms with Crippen LogP contribution in [0, 0.1) is 0 Å². The molecule has 1 fully saturated rings. The average Bonchev–Trinajstić information content (AvgIpc) is 3.09. The van der Waals surface area contributed by atoms with Crippen LogP contribution in [0.1, 0.15) is 25.1 Å². The minimum atomic E-state index is -0.155. The van der Waals surface area contributed by atoms with E-state index in [2.05, 4.69) is 27.1 Å². The zero-order valence-corrected chi connectivity index (χ0v) is 16.4. The van der Waals surface area contributed by atoms with E-state index < -0.39 is 0 Å². The predicted octanol–water partition coefficient (Wildman–Crippen LogP) is 3.20. The fourth-order valence-electron chi connectivity index (χ4n) is 2.94. The number of anilines is 1. The summed E-state index contributed by atoms with van der Waals surface area (Å²) in [5, 5.41) is 3.65. The predicted molar refractivity (Wildman–Crippen MR) is 101 cm³/mol. The zero-order chi connectivity index (χ0) is 18.7. The number of carbonyl (C=O) groups is 1. The van der Waals surface area contributed by atoms with Gasteiger partial charge in [-0.2, -0.15) is 0 Å². The van der Waals surface area contributed by atoms with Gasteiger partial charge in [0, 0.05) is 44.7 Å². The summed E-state index contributed by atoms with van der Waals surface area (Å²) in [6, 6.07) is 3.97. The summed E-state index contributed by atoms with van der Waals surface area (Å²) in [5.41, 5.74) is 0. The molecule has 0 spiro atoms. The third kappa shape index (κ3) is 4.63. The molecule has 0 radical (unpaired) electrons. The first kappa shape index (κ1) is 18.9. The average molecular weight is 397 g/mol. The number of rotatable bonds is 6. The summed E-state index contributed by atoms with van der Waals surface area (Å²) < 4.78 is 11.2. The van der Waals surface area contributed by atoms with Gasteiger partial charge in [0.2, 0.25) is 11.8 Å². The molecule has 2 atom stereocenters. The van der Waals surface area contributed by atoms with Crippen molar-refractivity contribution in [3.8, 4) is 11.6 Å². The highest BCUT2D eigenvalue weighted by molar-refractivity contribution is 7.16. The van der Waals surface area contributed by atoms with Crippen LogP contribution in [0.4, 0.5) is 5.13 Å². The number of hydrogen-bond donors (Lipinski definition) is 1. The zero-order valence-electron chi connectivity index (χ0n) is 14.9. The molecule has 1 N–H and O–H groups in total. The molecule has 2 aromatic heterocycles. The van der Waals surface area contributed by atoms with Crippen molar-refractivity contribution in [1.82, 2.24) is 14.9 Å². The maximum atomic E-state index is 11.2. The fourth-order valence-corrected chi connectivity index (χ4v) is 4.17. The molecule has 1 amide bonds. The molecule has 0 unspecified atom stereocenters. The first-order chi connectivity index (χ1) is 12.4. The smallest absolute Gasteiger partial charge is 0.223 e. The molecule has 0 saturated carbocycles. The van der Waals surface area contributed by atoms with Crippen molar-refractivity contribution < 1.29 is 14.3 Å². The number of thiazole rings is 1. The number of nitrogens with zero attached hydrogens (tertiary/aromatic N) is 3. The monoisotopic (exact) mass is 396 g/mol. The first-order valence-electron chi connectivity index (χ1n) is 8.28. The van der Waals surface area contributed by atoms with Crippen LogP contribution in [0.2, 0.25) is 5.15 Å². The minimum absolute atomic E-state index is 0.0821. The number of ether oxygens (including phenoxy) is 2. The van der Waals surface area contributed by atoms with Gasteiger partial charge in [-0.1, -0.05) is 22.9 Å². The lowest BCUT2D eigenvalue weighted by Gasteiger charge is -2.19. The standard InChI is InChI=1S/C17H21ClN4O3S/c1-10-6-13(25-12-4-5-19-15(7-12)24-3)8-22(10)9-14-16(18)21-17(26-14)20-11(2)23/h4-5,7,10,13H,6,8-9H2,1-3H3,(H,20,21,23)/t10-,13+/m0/s1. The Balaban J connectivity index is 1.62. The van der Waals surface area contributed by atoms with Gasteiger partial charge in [-0.05, 0) is 13.0 Å². The van der Waals surface area contributed by atoms with Crippen LogP contribution in [-0.4, -0.2) is 46.6 Å². The third-order valence-electron chi connectivity index (χ3n) is 4.16. The van der Waals surface area contributed by atoms with E-state index in [0.29, 0.717) is 28.8 Å². The Morgan fingerprint density at radius 2 is 2.35 bits per heavy atom. The van der Waals surface area contributed by atoms with E-state index in [1.165, 1.54) is 18.3 Å². The van der Waals surface area contributed by atoms with Crippen molar-refractivity contribution in [1.29, 1.82) is 0 Å². The second kappa shape index (κ2) is 8.20. The number of likely N-dealkylation sites (tertiary alicyclic amines) is 1. The molecule has 0 bridgehead atoms. The molecule has 3 heterocycles. The summed E-state index contributed by atoms with van der Waals surface area (Å²) in [6.45, 7) is 5.08. The van der Waals surface area contributed by atoms with E-state index in [0.717, 1.165) is 23.6 Å². The lowest BCUT2D eigenvalue weighted by molar-refractivity contribution is -0.114. The van der Waals surface area contributed by atoms with Crippen molar-refractivity contribution in [3.63, 3.8) is 0 Å². The van der Waals surface area contributed by atoms with Gasteiger partial charge in [0.15, 0.2) is 5.13 Å². The number of methoxy groups -OCH3 is 1. The molecule has 9 heteroatoms. The van der Waals surface area contributed by atoms with Crippen LogP contribution in [0.5, 0.6) is 11.6 Å². The summed E-state index contributed by atoms with van der Waals surface area (Å²) in [4.78, 5) is 22.7. The minimum Gasteiger partial charge on any atom is -0.489 e. The van der Waals surface area contributed by atoms with Gasteiger partial charge < -0.3 is 14.8 Å². The van der Waals surface area contributed by atoms with E-state index in [1.54, 1.807) is 19.4 Å². The highest BCUT2D eigenvalue weighted by Crippen LogP contribution is 2.31. The molecule has 140 valence electrons.